The van der Waals surface area contributed by atoms with Crippen molar-refractivity contribution in [3.8, 4) is 6.07 Å². The van der Waals surface area contributed by atoms with Crippen molar-refractivity contribution in [2.45, 2.75) is 70.3 Å². The number of rotatable bonds is 3. The van der Waals surface area contributed by atoms with Gasteiger partial charge < -0.3 is 4.57 Å². The van der Waals surface area contributed by atoms with Crippen LogP contribution >= 0.6 is 11.3 Å². The van der Waals surface area contributed by atoms with Crippen molar-refractivity contribution < 1.29 is 0 Å². The van der Waals surface area contributed by atoms with Crippen LogP contribution in [0.3, 0.4) is 0 Å². The highest BCUT2D eigenvalue weighted by molar-refractivity contribution is 7.12. The normalized spacial score (nSPS) is 19.2. The first kappa shape index (κ1) is 16.5. The van der Waals surface area contributed by atoms with E-state index in [0.717, 1.165) is 36.5 Å². The number of fused-ring (bicyclic) bond motifs is 1. The van der Waals surface area contributed by atoms with Crippen molar-refractivity contribution in [2.24, 2.45) is 0 Å². The van der Waals surface area contributed by atoms with Crippen LogP contribution in [0, 0.1) is 11.3 Å². The topological polar surface area (TPSA) is 67.4 Å². The molecule has 0 aromatic carbocycles. The molecule has 0 N–H and O–H groups in total. The van der Waals surface area contributed by atoms with Gasteiger partial charge in [-0.3, -0.25) is 0 Å². The molecule has 0 amide bonds. The summed E-state index contributed by atoms with van der Waals surface area (Å²) in [5.41, 5.74) is 0.597. The molecule has 2 aliphatic rings. The van der Waals surface area contributed by atoms with Crippen LogP contribution in [0.25, 0.3) is 11.6 Å². The van der Waals surface area contributed by atoms with Crippen LogP contribution in [0.2, 0.25) is 0 Å². The van der Waals surface area contributed by atoms with Gasteiger partial charge in [-0.25, -0.2) is 4.98 Å². The molecule has 0 bridgehead atoms. The SMILES string of the molecule is N#C/C(=C/c1cnc(C2CCCCC2)s1)c1nnc2n1CCCCC2. The minimum Gasteiger partial charge on any atom is -0.310 e. The number of aromatic nitrogens is 4. The average Bonchev–Trinajstić information content (AvgIpc) is 3.21. The van der Waals surface area contributed by atoms with Gasteiger partial charge >= 0.3 is 0 Å². The Morgan fingerprint density at radius 3 is 2.84 bits per heavy atom. The van der Waals surface area contributed by atoms with Gasteiger partial charge in [0.1, 0.15) is 11.9 Å². The second-order valence-corrected chi connectivity index (χ2v) is 8.10. The number of hydrogen-bond acceptors (Lipinski definition) is 5. The van der Waals surface area contributed by atoms with Crippen LogP contribution in [-0.4, -0.2) is 19.7 Å². The van der Waals surface area contributed by atoms with Crippen molar-refractivity contribution in [2.75, 3.05) is 0 Å². The Morgan fingerprint density at radius 1 is 1.16 bits per heavy atom. The Balaban J connectivity index is 1.60. The maximum Gasteiger partial charge on any atom is 0.174 e. The highest BCUT2D eigenvalue weighted by Crippen LogP contribution is 2.35. The van der Waals surface area contributed by atoms with Gasteiger partial charge in [-0.05, 0) is 31.8 Å². The summed E-state index contributed by atoms with van der Waals surface area (Å²) in [6.45, 7) is 0.909. The molecule has 0 radical (unpaired) electrons. The zero-order valence-electron chi connectivity index (χ0n) is 14.4. The van der Waals surface area contributed by atoms with E-state index in [1.165, 1.54) is 43.5 Å². The summed E-state index contributed by atoms with van der Waals surface area (Å²) in [5, 5.41) is 19.5. The molecule has 1 saturated carbocycles. The van der Waals surface area contributed by atoms with Crippen LogP contribution in [0.4, 0.5) is 0 Å². The molecule has 130 valence electrons. The lowest BCUT2D eigenvalue weighted by molar-refractivity contribution is 0.442. The molecule has 2 aromatic rings. The molecule has 1 aliphatic carbocycles. The summed E-state index contributed by atoms with van der Waals surface area (Å²) in [6.07, 6.45) is 14.8. The lowest BCUT2D eigenvalue weighted by Gasteiger charge is -2.18. The Hall–Kier alpha value is -2.00. The highest BCUT2D eigenvalue weighted by atomic mass is 32.1. The second kappa shape index (κ2) is 7.49. The largest absolute Gasteiger partial charge is 0.310 e. The number of allylic oxidation sites excluding steroid dienone is 1. The van der Waals surface area contributed by atoms with E-state index < -0.39 is 0 Å². The molecule has 25 heavy (non-hydrogen) atoms. The summed E-state index contributed by atoms with van der Waals surface area (Å²) < 4.78 is 2.13. The number of aryl methyl sites for hydroxylation is 1. The second-order valence-electron chi connectivity index (χ2n) is 7.01. The van der Waals surface area contributed by atoms with E-state index in [1.807, 2.05) is 12.3 Å². The maximum absolute atomic E-state index is 9.67. The average molecular weight is 353 g/mol. The fourth-order valence-corrected chi connectivity index (χ4v) is 4.91. The minimum absolute atomic E-state index is 0.597. The Labute approximate surface area is 152 Å². The molecule has 0 spiro atoms. The van der Waals surface area contributed by atoms with Crippen molar-refractivity contribution in [3.05, 3.63) is 27.7 Å². The van der Waals surface area contributed by atoms with Gasteiger partial charge in [0.25, 0.3) is 0 Å². The molecule has 0 saturated heterocycles. The van der Waals surface area contributed by atoms with E-state index in [4.69, 9.17) is 0 Å². The monoisotopic (exact) mass is 353 g/mol. The van der Waals surface area contributed by atoms with Gasteiger partial charge in [0.2, 0.25) is 0 Å². The van der Waals surface area contributed by atoms with Crippen LogP contribution in [0.15, 0.2) is 6.20 Å². The zero-order chi connectivity index (χ0) is 17.1. The maximum atomic E-state index is 9.67. The number of nitriles is 1. The molecule has 4 rings (SSSR count). The summed E-state index contributed by atoms with van der Waals surface area (Å²) in [6, 6.07) is 2.33. The molecule has 6 heteroatoms. The molecule has 0 atom stereocenters. The van der Waals surface area contributed by atoms with Crippen LogP contribution < -0.4 is 0 Å². The van der Waals surface area contributed by atoms with Gasteiger partial charge in [-0.2, -0.15) is 5.26 Å². The molecule has 2 aromatic heterocycles. The Bertz CT molecular complexity index is 804. The first-order chi connectivity index (χ1) is 12.3. The van der Waals surface area contributed by atoms with Crippen LogP contribution in [-0.2, 0) is 13.0 Å². The van der Waals surface area contributed by atoms with Crippen molar-refractivity contribution in [1.82, 2.24) is 19.7 Å². The number of hydrogen-bond donors (Lipinski definition) is 0. The van der Waals surface area contributed by atoms with Crippen LogP contribution in [0.1, 0.15) is 78.8 Å². The third kappa shape index (κ3) is 3.52. The first-order valence-corrected chi connectivity index (χ1v) is 10.2. The predicted molar refractivity (Wildman–Crippen MR) is 99.0 cm³/mol. The number of thiazole rings is 1. The Morgan fingerprint density at radius 2 is 2.00 bits per heavy atom. The Kier molecular flexibility index (Phi) is 4.93. The fraction of sp³-hybridized carbons (Fsp3) is 0.579. The quantitative estimate of drug-likeness (QED) is 0.758. The van der Waals surface area contributed by atoms with Gasteiger partial charge in [0.15, 0.2) is 5.82 Å². The highest BCUT2D eigenvalue weighted by Gasteiger charge is 2.20. The minimum atomic E-state index is 0.597. The van der Waals surface area contributed by atoms with Crippen molar-refractivity contribution in [1.29, 1.82) is 5.26 Å². The van der Waals surface area contributed by atoms with E-state index in [-0.39, 0.29) is 0 Å². The molecule has 1 aliphatic heterocycles. The van der Waals surface area contributed by atoms with Gasteiger partial charge in [-0.15, -0.1) is 21.5 Å². The molecule has 5 nitrogen and oxygen atoms in total. The van der Waals surface area contributed by atoms with Crippen molar-refractivity contribution in [3.63, 3.8) is 0 Å². The summed E-state index contributed by atoms with van der Waals surface area (Å²) in [7, 11) is 0. The lowest BCUT2D eigenvalue weighted by atomic mass is 9.90. The van der Waals surface area contributed by atoms with Gasteiger partial charge in [0.05, 0.1) is 10.6 Å². The van der Waals surface area contributed by atoms with Crippen LogP contribution in [0.5, 0.6) is 0 Å². The first-order valence-electron chi connectivity index (χ1n) is 9.35. The number of nitrogens with zero attached hydrogens (tertiary/aromatic N) is 5. The molecular weight excluding hydrogens is 330 g/mol. The fourth-order valence-electron chi connectivity index (χ4n) is 3.88. The van der Waals surface area contributed by atoms with Gasteiger partial charge in [-0.1, -0.05) is 25.7 Å². The molecule has 0 unspecified atom stereocenters. The van der Waals surface area contributed by atoms with E-state index in [9.17, 15) is 5.26 Å². The van der Waals surface area contributed by atoms with E-state index in [2.05, 4.69) is 25.8 Å². The lowest BCUT2D eigenvalue weighted by Crippen LogP contribution is -2.05. The zero-order valence-corrected chi connectivity index (χ0v) is 15.3. The smallest absolute Gasteiger partial charge is 0.174 e. The van der Waals surface area contributed by atoms with Gasteiger partial charge in [0, 0.05) is 30.0 Å². The van der Waals surface area contributed by atoms with E-state index >= 15 is 0 Å². The molecule has 3 heterocycles. The van der Waals surface area contributed by atoms with E-state index in [0.29, 0.717) is 17.3 Å². The summed E-state index contributed by atoms with van der Waals surface area (Å²) in [4.78, 5) is 5.68. The predicted octanol–water partition coefficient (Wildman–Crippen LogP) is 4.57. The molecule has 1 fully saturated rings. The van der Waals surface area contributed by atoms with E-state index in [1.54, 1.807) is 11.3 Å². The summed E-state index contributed by atoms with van der Waals surface area (Å²) >= 11 is 1.73. The standard InChI is InChI=1S/C19H23N5S/c20-12-15(18-23-22-17-9-5-2-6-10-24(17)18)11-16-13-21-19(25-16)14-7-3-1-4-8-14/h11,13-14H,1-10H2/b15-11-. The summed E-state index contributed by atoms with van der Waals surface area (Å²) in [5.74, 6) is 2.34. The third-order valence-corrected chi connectivity index (χ3v) is 6.36. The third-order valence-electron chi connectivity index (χ3n) is 5.25. The molecular formula is C19H23N5S. The van der Waals surface area contributed by atoms with Crippen molar-refractivity contribution >= 4 is 23.0 Å².